The highest BCUT2D eigenvalue weighted by Gasteiger charge is 2.14. The molecule has 0 amide bonds. The quantitative estimate of drug-likeness (QED) is 0.788. The first-order chi connectivity index (χ1) is 10.6. The number of hydrogen-bond acceptors (Lipinski definition) is 4. The Hall–Kier alpha value is -2.62. The molecule has 0 aliphatic carbocycles. The number of rotatable bonds is 7. The Balaban J connectivity index is 2.26. The maximum absolute atomic E-state index is 9.35. The third-order valence-corrected chi connectivity index (χ3v) is 3.15. The van der Waals surface area contributed by atoms with Gasteiger partial charge in [0, 0.05) is 6.42 Å². The number of methoxy groups -OCH3 is 2. The van der Waals surface area contributed by atoms with Gasteiger partial charge in [0.1, 0.15) is 6.61 Å². The summed E-state index contributed by atoms with van der Waals surface area (Å²) in [6.07, 6.45) is 0.339. The molecule has 0 aliphatic heterocycles. The van der Waals surface area contributed by atoms with Crippen molar-refractivity contribution in [3.05, 3.63) is 65.9 Å². The molecule has 2 aromatic carbocycles. The van der Waals surface area contributed by atoms with Crippen molar-refractivity contribution < 1.29 is 19.3 Å². The monoisotopic (exact) mass is 300 g/mol. The second kappa shape index (κ2) is 7.41. The zero-order chi connectivity index (χ0) is 15.9. The standard InChI is InChI=1S/C18H20O4/c1-13(19)9-15-10-16(20-2)18(17(11-15)21-3)22-12-14-7-5-4-6-8-14/h4-8,10-11,19H,1,9,12H2,2-3H3. The van der Waals surface area contributed by atoms with Crippen molar-refractivity contribution in [3.8, 4) is 17.2 Å². The number of benzene rings is 2. The maximum Gasteiger partial charge on any atom is 0.203 e. The van der Waals surface area contributed by atoms with E-state index in [0.29, 0.717) is 30.3 Å². The molecule has 1 N–H and O–H groups in total. The molecule has 0 spiro atoms. The highest BCUT2D eigenvalue weighted by molar-refractivity contribution is 5.54. The van der Waals surface area contributed by atoms with Gasteiger partial charge >= 0.3 is 0 Å². The molecule has 116 valence electrons. The molecule has 0 radical (unpaired) electrons. The molecule has 0 aliphatic rings. The van der Waals surface area contributed by atoms with Crippen molar-refractivity contribution in [1.29, 1.82) is 0 Å². The summed E-state index contributed by atoms with van der Waals surface area (Å²) >= 11 is 0. The highest BCUT2D eigenvalue weighted by Crippen LogP contribution is 2.39. The Morgan fingerprint density at radius 1 is 1.00 bits per heavy atom. The van der Waals surface area contributed by atoms with Crippen LogP contribution in [-0.4, -0.2) is 19.3 Å². The zero-order valence-corrected chi connectivity index (χ0v) is 12.8. The van der Waals surface area contributed by atoms with Crippen LogP contribution in [0.2, 0.25) is 0 Å². The Labute approximate surface area is 130 Å². The van der Waals surface area contributed by atoms with Crippen molar-refractivity contribution in [2.45, 2.75) is 13.0 Å². The lowest BCUT2D eigenvalue weighted by Crippen LogP contribution is -2.01. The van der Waals surface area contributed by atoms with E-state index in [1.54, 1.807) is 14.2 Å². The predicted octanol–water partition coefficient (Wildman–Crippen LogP) is 3.90. The van der Waals surface area contributed by atoms with Crippen molar-refractivity contribution in [2.75, 3.05) is 14.2 Å². The zero-order valence-electron chi connectivity index (χ0n) is 12.8. The summed E-state index contributed by atoms with van der Waals surface area (Å²) in [5, 5.41) is 9.35. The van der Waals surface area contributed by atoms with Crippen LogP contribution in [0.4, 0.5) is 0 Å². The Bertz CT molecular complexity index is 610. The van der Waals surface area contributed by atoms with Crippen LogP contribution in [-0.2, 0) is 13.0 Å². The van der Waals surface area contributed by atoms with Gasteiger partial charge in [0.15, 0.2) is 11.5 Å². The largest absolute Gasteiger partial charge is 0.513 e. The Morgan fingerprint density at radius 3 is 2.09 bits per heavy atom. The van der Waals surface area contributed by atoms with E-state index in [9.17, 15) is 5.11 Å². The van der Waals surface area contributed by atoms with Crippen LogP contribution >= 0.6 is 0 Å². The molecule has 0 aromatic heterocycles. The number of ether oxygens (including phenoxy) is 3. The summed E-state index contributed by atoms with van der Waals surface area (Å²) in [6, 6.07) is 13.5. The maximum atomic E-state index is 9.35. The van der Waals surface area contributed by atoms with E-state index in [0.717, 1.165) is 11.1 Å². The molecule has 0 unspecified atom stereocenters. The average molecular weight is 300 g/mol. The van der Waals surface area contributed by atoms with Gasteiger partial charge in [-0.25, -0.2) is 0 Å². The molecule has 4 heteroatoms. The van der Waals surface area contributed by atoms with Gasteiger partial charge in [-0.1, -0.05) is 36.9 Å². The molecule has 2 rings (SSSR count). The van der Waals surface area contributed by atoms with E-state index < -0.39 is 0 Å². The fourth-order valence-corrected chi connectivity index (χ4v) is 2.14. The smallest absolute Gasteiger partial charge is 0.203 e. The first kappa shape index (κ1) is 15.8. The predicted molar refractivity (Wildman–Crippen MR) is 85.8 cm³/mol. The number of hydrogen-bond donors (Lipinski definition) is 1. The molecular formula is C18H20O4. The van der Waals surface area contributed by atoms with Gasteiger partial charge in [0.05, 0.1) is 20.0 Å². The highest BCUT2D eigenvalue weighted by atomic mass is 16.5. The lowest BCUT2D eigenvalue weighted by Gasteiger charge is -2.16. The fourth-order valence-electron chi connectivity index (χ4n) is 2.14. The minimum Gasteiger partial charge on any atom is -0.513 e. The van der Waals surface area contributed by atoms with E-state index in [1.807, 2.05) is 42.5 Å². The van der Waals surface area contributed by atoms with Gasteiger partial charge in [-0.05, 0) is 23.3 Å². The van der Waals surface area contributed by atoms with Gasteiger partial charge in [0.25, 0.3) is 0 Å². The molecule has 4 nitrogen and oxygen atoms in total. The van der Waals surface area contributed by atoms with Crippen molar-refractivity contribution in [3.63, 3.8) is 0 Å². The number of aliphatic hydroxyl groups is 1. The molecule has 0 atom stereocenters. The molecule has 2 aromatic rings. The lowest BCUT2D eigenvalue weighted by atomic mass is 10.1. The third-order valence-electron chi connectivity index (χ3n) is 3.15. The summed E-state index contributed by atoms with van der Waals surface area (Å²) in [5.41, 5.74) is 1.90. The van der Waals surface area contributed by atoms with Crippen LogP contribution in [0.5, 0.6) is 17.2 Å². The van der Waals surface area contributed by atoms with Crippen LogP contribution in [0.25, 0.3) is 0 Å². The Morgan fingerprint density at radius 2 is 1.59 bits per heavy atom. The summed E-state index contributed by atoms with van der Waals surface area (Å²) in [4.78, 5) is 0. The van der Waals surface area contributed by atoms with E-state index in [2.05, 4.69) is 6.58 Å². The second-order valence-corrected chi connectivity index (χ2v) is 4.85. The van der Waals surface area contributed by atoms with Gasteiger partial charge in [-0.15, -0.1) is 0 Å². The summed E-state index contributed by atoms with van der Waals surface area (Å²) < 4.78 is 16.6. The molecule has 0 saturated carbocycles. The van der Waals surface area contributed by atoms with Gasteiger partial charge in [0.2, 0.25) is 5.75 Å². The fraction of sp³-hybridized carbons (Fsp3) is 0.222. The first-order valence-electron chi connectivity index (χ1n) is 6.92. The minimum atomic E-state index is 0.0852. The second-order valence-electron chi connectivity index (χ2n) is 4.85. The van der Waals surface area contributed by atoms with Crippen LogP contribution in [0, 0.1) is 0 Å². The van der Waals surface area contributed by atoms with Crippen LogP contribution in [0.15, 0.2) is 54.8 Å². The van der Waals surface area contributed by atoms with E-state index in [-0.39, 0.29) is 5.76 Å². The molecule has 22 heavy (non-hydrogen) atoms. The van der Waals surface area contributed by atoms with E-state index >= 15 is 0 Å². The molecular weight excluding hydrogens is 280 g/mol. The van der Waals surface area contributed by atoms with Crippen molar-refractivity contribution >= 4 is 0 Å². The molecule has 0 bridgehead atoms. The van der Waals surface area contributed by atoms with Crippen molar-refractivity contribution in [2.24, 2.45) is 0 Å². The van der Waals surface area contributed by atoms with Crippen LogP contribution in [0.3, 0.4) is 0 Å². The van der Waals surface area contributed by atoms with E-state index in [4.69, 9.17) is 14.2 Å². The normalized spacial score (nSPS) is 10.1. The molecule has 0 saturated heterocycles. The molecule has 0 heterocycles. The van der Waals surface area contributed by atoms with Gasteiger partial charge in [-0.3, -0.25) is 0 Å². The minimum absolute atomic E-state index is 0.0852. The van der Waals surface area contributed by atoms with E-state index in [1.165, 1.54) is 0 Å². The summed E-state index contributed by atoms with van der Waals surface area (Å²) in [5.74, 6) is 1.75. The number of aliphatic hydroxyl groups excluding tert-OH is 1. The van der Waals surface area contributed by atoms with Gasteiger partial charge < -0.3 is 19.3 Å². The van der Waals surface area contributed by atoms with Gasteiger partial charge in [-0.2, -0.15) is 0 Å². The first-order valence-corrected chi connectivity index (χ1v) is 6.92. The summed E-state index contributed by atoms with van der Waals surface area (Å²) in [7, 11) is 3.14. The number of allylic oxidation sites excluding steroid dienone is 1. The topological polar surface area (TPSA) is 47.9 Å². The average Bonchev–Trinajstić information content (AvgIpc) is 2.53. The summed E-state index contributed by atoms with van der Waals surface area (Å²) in [6.45, 7) is 3.92. The third kappa shape index (κ3) is 3.95. The SMILES string of the molecule is C=C(O)Cc1cc(OC)c(OCc2ccccc2)c(OC)c1. The van der Waals surface area contributed by atoms with Crippen molar-refractivity contribution in [1.82, 2.24) is 0 Å². The van der Waals surface area contributed by atoms with Crippen LogP contribution < -0.4 is 14.2 Å². The Kier molecular flexibility index (Phi) is 5.31. The van der Waals surface area contributed by atoms with Crippen LogP contribution in [0.1, 0.15) is 11.1 Å². The molecule has 0 fully saturated rings. The lowest BCUT2D eigenvalue weighted by molar-refractivity contribution is 0.265.